The number of para-hydroxylation sites is 3. The Hall–Kier alpha value is -6.45. The van der Waals surface area contributed by atoms with Crippen molar-refractivity contribution in [2.75, 3.05) is 0 Å². The molecule has 10 rings (SSSR count). The summed E-state index contributed by atoms with van der Waals surface area (Å²) < 4.78 is 9.21. The number of benzene rings is 7. The van der Waals surface area contributed by atoms with E-state index in [2.05, 4.69) is 168 Å². The lowest BCUT2D eigenvalue weighted by atomic mass is 9.94. The van der Waals surface area contributed by atoms with Crippen LogP contribution in [-0.2, 0) is 0 Å². The summed E-state index contributed by atoms with van der Waals surface area (Å²) in [5.41, 5.74) is 12.8. The standard InChI is InChI=1S/C45H28N2O/c1-3-13-29(14-4-1)31-25-26-41-37(27-31)33-18-8-10-22-40(33)47(41)42-23-11-20-35-44-34(19-12-24-43(44)48-45(35)42)36-28-39(30-15-5-2-6-16-30)46-38-21-9-7-17-32(36)38/h1-28H. The smallest absolute Gasteiger partial charge is 0.159 e. The number of fused-ring (bicyclic) bond motifs is 7. The molecule has 0 atom stereocenters. The van der Waals surface area contributed by atoms with E-state index in [0.29, 0.717) is 0 Å². The van der Waals surface area contributed by atoms with Crippen LogP contribution in [0.15, 0.2) is 174 Å². The number of furan rings is 1. The Kier molecular flexibility index (Phi) is 5.87. The highest BCUT2D eigenvalue weighted by molar-refractivity contribution is 6.18. The van der Waals surface area contributed by atoms with Crippen LogP contribution < -0.4 is 0 Å². The molecule has 3 heteroatoms. The van der Waals surface area contributed by atoms with Crippen molar-refractivity contribution in [2.24, 2.45) is 0 Å². The maximum atomic E-state index is 6.85. The van der Waals surface area contributed by atoms with E-state index >= 15 is 0 Å². The van der Waals surface area contributed by atoms with Crippen molar-refractivity contribution in [3.05, 3.63) is 170 Å². The van der Waals surface area contributed by atoms with E-state index in [0.717, 1.165) is 71.9 Å². The summed E-state index contributed by atoms with van der Waals surface area (Å²) in [6.07, 6.45) is 0. The van der Waals surface area contributed by atoms with Gasteiger partial charge in [0.2, 0.25) is 0 Å². The van der Waals surface area contributed by atoms with Crippen LogP contribution in [0, 0.1) is 0 Å². The van der Waals surface area contributed by atoms with Gasteiger partial charge < -0.3 is 8.98 Å². The molecule has 48 heavy (non-hydrogen) atoms. The molecule has 10 aromatic rings. The highest BCUT2D eigenvalue weighted by Gasteiger charge is 2.21. The monoisotopic (exact) mass is 612 g/mol. The van der Waals surface area contributed by atoms with Crippen LogP contribution in [0.2, 0.25) is 0 Å². The third kappa shape index (κ3) is 4.04. The molecule has 0 N–H and O–H groups in total. The summed E-state index contributed by atoms with van der Waals surface area (Å²) in [6, 6.07) is 60.0. The zero-order chi connectivity index (χ0) is 31.6. The molecule has 224 valence electrons. The zero-order valence-corrected chi connectivity index (χ0v) is 26.0. The zero-order valence-electron chi connectivity index (χ0n) is 26.0. The second-order valence-corrected chi connectivity index (χ2v) is 12.3. The van der Waals surface area contributed by atoms with Crippen molar-refractivity contribution in [1.82, 2.24) is 9.55 Å². The summed E-state index contributed by atoms with van der Waals surface area (Å²) in [6.45, 7) is 0. The quantitative estimate of drug-likeness (QED) is 0.198. The normalized spacial score (nSPS) is 11.8. The van der Waals surface area contributed by atoms with E-state index in [1.165, 1.54) is 21.9 Å². The predicted octanol–water partition coefficient (Wildman–Crippen LogP) is 12.2. The van der Waals surface area contributed by atoms with E-state index < -0.39 is 0 Å². The van der Waals surface area contributed by atoms with E-state index in [4.69, 9.17) is 9.40 Å². The van der Waals surface area contributed by atoms with Gasteiger partial charge in [-0.15, -0.1) is 0 Å². The van der Waals surface area contributed by atoms with Crippen LogP contribution in [0.3, 0.4) is 0 Å². The fourth-order valence-electron chi connectivity index (χ4n) is 7.43. The van der Waals surface area contributed by atoms with Gasteiger partial charge in [0.15, 0.2) is 5.58 Å². The summed E-state index contributed by atoms with van der Waals surface area (Å²) in [5, 5.41) is 5.75. The van der Waals surface area contributed by atoms with Crippen LogP contribution >= 0.6 is 0 Å². The fourth-order valence-corrected chi connectivity index (χ4v) is 7.43. The molecule has 0 aliphatic rings. The molecule has 0 saturated heterocycles. The SMILES string of the molecule is c1ccc(-c2ccc3c(c2)c2ccccc2n3-c2cccc3c2oc2cccc(-c4cc(-c5ccccc5)nc5ccccc45)c23)cc1. The minimum absolute atomic E-state index is 0.865. The van der Waals surface area contributed by atoms with Gasteiger partial charge in [-0.3, -0.25) is 0 Å². The molecule has 3 aromatic heterocycles. The third-order valence-corrected chi connectivity index (χ3v) is 9.60. The first-order chi connectivity index (χ1) is 23.8. The number of hydrogen-bond donors (Lipinski definition) is 0. The van der Waals surface area contributed by atoms with Crippen molar-refractivity contribution in [3.8, 4) is 39.2 Å². The predicted molar refractivity (Wildman–Crippen MR) is 200 cm³/mol. The highest BCUT2D eigenvalue weighted by Crippen LogP contribution is 2.43. The molecule has 0 bridgehead atoms. The highest BCUT2D eigenvalue weighted by atomic mass is 16.3. The van der Waals surface area contributed by atoms with Crippen molar-refractivity contribution in [3.63, 3.8) is 0 Å². The minimum atomic E-state index is 0.865. The Balaban J connectivity index is 1.24. The van der Waals surface area contributed by atoms with E-state index in [-0.39, 0.29) is 0 Å². The molecule has 0 fully saturated rings. The first kappa shape index (κ1) is 26.7. The third-order valence-electron chi connectivity index (χ3n) is 9.60. The average Bonchev–Trinajstić information content (AvgIpc) is 3.71. The summed E-state index contributed by atoms with van der Waals surface area (Å²) >= 11 is 0. The van der Waals surface area contributed by atoms with Gasteiger partial charge in [-0.25, -0.2) is 4.98 Å². The number of nitrogens with zero attached hydrogens (tertiary/aromatic N) is 2. The van der Waals surface area contributed by atoms with Crippen LogP contribution in [0.1, 0.15) is 0 Å². The van der Waals surface area contributed by atoms with E-state index in [9.17, 15) is 0 Å². The van der Waals surface area contributed by atoms with E-state index in [1.807, 2.05) is 6.07 Å². The second-order valence-electron chi connectivity index (χ2n) is 12.3. The molecule has 0 aliphatic heterocycles. The molecule has 3 heterocycles. The van der Waals surface area contributed by atoms with Gasteiger partial charge in [0.05, 0.1) is 27.9 Å². The Morgan fingerprint density at radius 2 is 1.12 bits per heavy atom. The largest absolute Gasteiger partial charge is 0.454 e. The molecule has 0 amide bonds. The lowest BCUT2D eigenvalue weighted by Crippen LogP contribution is -1.94. The van der Waals surface area contributed by atoms with E-state index in [1.54, 1.807) is 0 Å². The van der Waals surface area contributed by atoms with Gasteiger partial charge in [-0.05, 0) is 64.7 Å². The lowest BCUT2D eigenvalue weighted by Gasteiger charge is -2.12. The molecule has 0 unspecified atom stereocenters. The van der Waals surface area contributed by atoms with Gasteiger partial charge in [-0.1, -0.05) is 127 Å². The Morgan fingerprint density at radius 3 is 1.98 bits per heavy atom. The van der Waals surface area contributed by atoms with Crippen LogP contribution in [-0.4, -0.2) is 9.55 Å². The number of rotatable bonds is 4. The van der Waals surface area contributed by atoms with Gasteiger partial charge in [0.1, 0.15) is 5.58 Å². The lowest BCUT2D eigenvalue weighted by molar-refractivity contribution is 0.666. The van der Waals surface area contributed by atoms with Gasteiger partial charge in [0, 0.05) is 32.5 Å². The van der Waals surface area contributed by atoms with Crippen LogP contribution in [0.25, 0.3) is 93.8 Å². The van der Waals surface area contributed by atoms with Crippen molar-refractivity contribution >= 4 is 54.6 Å². The van der Waals surface area contributed by atoms with Crippen molar-refractivity contribution in [1.29, 1.82) is 0 Å². The maximum absolute atomic E-state index is 6.85. The Morgan fingerprint density at radius 1 is 0.438 bits per heavy atom. The number of pyridine rings is 1. The summed E-state index contributed by atoms with van der Waals surface area (Å²) in [7, 11) is 0. The van der Waals surface area contributed by atoms with Gasteiger partial charge in [-0.2, -0.15) is 0 Å². The molecule has 7 aromatic carbocycles. The van der Waals surface area contributed by atoms with Gasteiger partial charge in [0.25, 0.3) is 0 Å². The molecule has 0 radical (unpaired) electrons. The maximum Gasteiger partial charge on any atom is 0.159 e. The number of hydrogen-bond acceptors (Lipinski definition) is 2. The molecular formula is C45H28N2O. The second kappa shape index (κ2) is 10.5. The Labute approximate surface area is 277 Å². The molecular weight excluding hydrogens is 585 g/mol. The first-order valence-corrected chi connectivity index (χ1v) is 16.3. The van der Waals surface area contributed by atoms with Crippen LogP contribution in [0.5, 0.6) is 0 Å². The van der Waals surface area contributed by atoms with Crippen LogP contribution in [0.4, 0.5) is 0 Å². The molecule has 3 nitrogen and oxygen atoms in total. The minimum Gasteiger partial charge on any atom is -0.454 e. The Bertz CT molecular complexity index is 2830. The fraction of sp³-hybridized carbons (Fsp3) is 0. The molecule has 0 saturated carbocycles. The molecule has 0 spiro atoms. The topological polar surface area (TPSA) is 31.0 Å². The average molecular weight is 613 g/mol. The summed E-state index contributed by atoms with van der Waals surface area (Å²) in [5.74, 6) is 0. The molecule has 0 aliphatic carbocycles. The summed E-state index contributed by atoms with van der Waals surface area (Å²) in [4.78, 5) is 5.07. The number of aromatic nitrogens is 2. The van der Waals surface area contributed by atoms with Crippen molar-refractivity contribution in [2.45, 2.75) is 0 Å². The van der Waals surface area contributed by atoms with Crippen molar-refractivity contribution < 1.29 is 4.42 Å². The first-order valence-electron chi connectivity index (χ1n) is 16.3. The van der Waals surface area contributed by atoms with Gasteiger partial charge >= 0.3 is 0 Å².